The van der Waals surface area contributed by atoms with Crippen LogP contribution in [-0.2, 0) is 6.54 Å². The van der Waals surface area contributed by atoms with E-state index < -0.39 is 0 Å². The van der Waals surface area contributed by atoms with Gasteiger partial charge >= 0.3 is 0 Å². The second kappa shape index (κ2) is 8.72. The molecule has 0 spiro atoms. The van der Waals surface area contributed by atoms with Crippen LogP contribution in [0.1, 0.15) is 39.5 Å². The molecule has 0 fully saturated rings. The van der Waals surface area contributed by atoms with Gasteiger partial charge in [-0.25, -0.2) is 0 Å². The highest BCUT2D eigenvalue weighted by molar-refractivity contribution is 7.09. The molecule has 0 bridgehead atoms. The third kappa shape index (κ3) is 7.09. The van der Waals surface area contributed by atoms with Crippen molar-refractivity contribution in [3.8, 4) is 0 Å². The number of rotatable bonds is 9. The molecule has 0 aliphatic carbocycles. The third-order valence-corrected chi connectivity index (χ3v) is 4.02. The van der Waals surface area contributed by atoms with Gasteiger partial charge in [0.2, 0.25) is 0 Å². The van der Waals surface area contributed by atoms with Crippen molar-refractivity contribution in [2.45, 2.75) is 47.2 Å². The molecule has 110 valence electrons. The molecule has 0 aromatic carbocycles. The van der Waals surface area contributed by atoms with E-state index in [4.69, 9.17) is 0 Å². The highest BCUT2D eigenvalue weighted by atomic mass is 32.1. The minimum absolute atomic E-state index is 0.602. The molecular weight excluding hydrogens is 252 g/mol. The molecule has 0 amide bonds. The van der Waals surface area contributed by atoms with Crippen LogP contribution in [0.5, 0.6) is 0 Å². The lowest BCUT2D eigenvalue weighted by atomic mass is 10.1. The average molecular weight is 282 g/mol. The molecule has 0 aliphatic rings. The van der Waals surface area contributed by atoms with Crippen molar-refractivity contribution < 1.29 is 0 Å². The Morgan fingerprint density at radius 1 is 1.11 bits per heavy atom. The van der Waals surface area contributed by atoms with Crippen molar-refractivity contribution in [2.75, 3.05) is 19.6 Å². The van der Waals surface area contributed by atoms with Gasteiger partial charge in [0.15, 0.2) is 0 Å². The quantitative estimate of drug-likeness (QED) is 0.740. The summed E-state index contributed by atoms with van der Waals surface area (Å²) in [7, 11) is 0. The summed E-state index contributed by atoms with van der Waals surface area (Å²) < 4.78 is 0. The Bertz CT molecular complexity index is 309. The molecule has 1 atom stereocenters. The Hall–Kier alpha value is -0.380. The molecule has 3 heteroatoms. The van der Waals surface area contributed by atoms with Gasteiger partial charge in [-0.1, -0.05) is 33.8 Å². The van der Waals surface area contributed by atoms with Gasteiger partial charge in [-0.3, -0.25) is 4.90 Å². The van der Waals surface area contributed by atoms with Gasteiger partial charge in [-0.05, 0) is 30.2 Å². The van der Waals surface area contributed by atoms with Crippen molar-refractivity contribution in [1.82, 2.24) is 10.2 Å². The van der Waals surface area contributed by atoms with E-state index in [-0.39, 0.29) is 0 Å². The van der Waals surface area contributed by atoms with Gasteiger partial charge in [0.1, 0.15) is 0 Å². The van der Waals surface area contributed by atoms with E-state index in [1.165, 1.54) is 18.0 Å². The van der Waals surface area contributed by atoms with Crippen molar-refractivity contribution in [2.24, 2.45) is 11.8 Å². The van der Waals surface area contributed by atoms with E-state index in [2.05, 4.69) is 62.3 Å². The first kappa shape index (κ1) is 16.7. The molecule has 1 aromatic heterocycles. The Labute approximate surface area is 123 Å². The molecule has 19 heavy (non-hydrogen) atoms. The van der Waals surface area contributed by atoms with Crippen LogP contribution in [0.25, 0.3) is 0 Å². The second-order valence-corrected chi connectivity index (χ2v) is 7.33. The summed E-state index contributed by atoms with van der Waals surface area (Å²) in [6, 6.07) is 4.92. The molecule has 0 radical (unpaired) electrons. The van der Waals surface area contributed by atoms with Crippen LogP contribution >= 0.6 is 11.3 Å². The van der Waals surface area contributed by atoms with Crippen molar-refractivity contribution in [3.05, 3.63) is 22.4 Å². The number of hydrogen-bond acceptors (Lipinski definition) is 3. The summed E-state index contributed by atoms with van der Waals surface area (Å²) in [5, 5.41) is 5.73. The predicted octanol–water partition coefficient (Wildman–Crippen LogP) is 3.84. The summed E-state index contributed by atoms with van der Waals surface area (Å²) >= 11 is 1.83. The fraction of sp³-hybridized carbons (Fsp3) is 0.750. The normalized spacial score (nSPS) is 13.7. The number of hydrogen-bond donors (Lipinski definition) is 1. The maximum atomic E-state index is 3.58. The lowest BCUT2D eigenvalue weighted by Crippen LogP contribution is -2.43. The first-order valence-electron chi connectivity index (χ1n) is 7.46. The van der Waals surface area contributed by atoms with Gasteiger partial charge in [-0.15, -0.1) is 11.3 Å². The van der Waals surface area contributed by atoms with Gasteiger partial charge in [0.25, 0.3) is 0 Å². The number of nitrogens with one attached hydrogen (secondary N) is 1. The molecular formula is C16H30N2S. The van der Waals surface area contributed by atoms with Gasteiger partial charge in [0.05, 0.1) is 0 Å². The third-order valence-electron chi connectivity index (χ3n) is 3.14. The minimum atomic E-state index is 0.602. The average Bonchev–Trinajstić information content (AvgIpc) is 2.79. The molecule has 2 nitrogen and oxygen atoms in total. The highest BCUT2D eigenvalue weighted by Crippen LogP contribution is 2.10. The largest absolute Gasteiger partial charge is 0.310 e. The number of nitrogens with zero attached hydrogens (tertiary/aromatic N) is 1. The van der Waals surface area contributed by atoms with E-state index in [1.54, 1.807) is 0 Å². The highest BCUT2D eigenvalue weighted by Gasteiger charge is 2.15. The van der Waals surface area contributed by atoms with Gasteiger partial charge in [0, 0.05) is 37.1 Å². The molecule has 0 saturated carbocycles. The Kier molecular flexibility index (Phi) is 7.66. The zero-order chi connectivity index (χ0) is 14.3. The minimum Gasteiger partial charge on any atom is -0.310 e. The monoisotopic (exact) mass is 282 g/mol. The van der Waals surface area contributed by atoms with Crippen molar-refractivity contribution >= 4 is 11.3 Å². The fourth-order valence-corrected chi connectivity index (χ4v) is 2.99. The molecule has 1 rings (SSSR count). The van der Waals surface area contributed by atoms with Crippen LogP contribution in [0.2, 0.25) is 0 Å². The Balaban J connectivity index is 2.35. The molecule has 1 unspecified atom stereocenters. The van der Waals surface area contributed by atoms with Crippen LogP contribution in [0, 0.1) is 11.8 Å². The first-order valence-corrected chi connectivity index (χ1v) is 8.34. The SMILES string of the molecule is CC(C)CN(CC(C)C)C(C)CNCc1cccs1. The molecule has 1 aromatic rings. The lowest BCUT2D eigenvalue weighted by molar-refractivity contribution is 0.163. The van der Waals surface area contributed by atoms with Crippen LogP contribution in [0.3, 0.4) is 0 Å². The van der Waals surface area contributed by atoms with E-state index in [1.807, 2.05) is 11.3 Å². The zero-order valence-electron chi connectivity index (χ0n) is 13.1. The molecule has 1 N–H and O–H groups in total. The number of thiophene rings is 1. The van der Waals surface area contributed by atoms with Crippen LogP contribution in [-0.4, -0.2) is 30.6 Å². The maximum absolute atomic E-state index is 3.58. The Morgan fingerprint density at radius 3 is 2.21 bits per heavy atom. The zero-order valence-corrected chi connectivity index (χ0v) is 14.0. The van der Waals surface area contributed by atoms with E-state index in [0.717, 1.165) is 24.9 Å². The summed E-state index contributed by atoms with van der Waals surface area (Å²) in [6.45, 7) is 16.0. The second-order valence-electron chi connectivity index (χ2n) is 6.30. The molecule has 1 heterocycles. The van der Waals surface area contributed by atoms with Crippen molar-refractivity contribution in [3.63, 3.8) is 0 Å². The lowest BCUT2D eigenvalue weighted by Gasteiger charge is -2.32. The standard InChI is InChI=1S/C16H30N2S/c1-13(2)11-18(12-14(3)4)15(5)9-17-10-16-7-6-8-19-16/h6-8,13-15,17H,9-12H2,1-5H3. The van der Waals surface area contributed by atoms with Crippen LogP contribution < -0.4 is 5.32 Å². The summed E-state index contributed by atoms with van der Waals surface area (Å²) in [4.78, 5) is 4.04. The van der Waals surface area contributed by atoms with E-state index in [9.17, 15) is 0 Å². The van der Waals surface area contributed by atoms with E-state index >= 15 is 0 Å². The molecule has 0 saturated heterocycles. The topological polar surface area (TPSA) is 15.3 Å². The van der Waals surface area contributed by atoms with Crippen molar-refractivity contribution in [1.29, 1.82) is 0 Å². The van der Waals surface area contributed by atoms with Crippen LogP contribution in [0.15, 0.2) is 17.5 Å². The smallest absolute Gasteiger partial charge is 0.0300 e. The van der Waals surface area contributed by atoms with E-state index in [0.29, 0.717) is 6.04 Å². The summed E-state index contributed by atoms with van der Waals surface area (Å²) in [6.07, 6.45) is 0. The molecule has 0 aliphatic heterocycles. The first-order chi connectivity index (χ1) is 8.99. The van der Waals surface area contributed by atoms with Gasteiger partial charge in [-0.2, -0.15) is 0 Å². The predicted molar refractivity (Wildman–Crippen MR) is 86.7 cm³/mol. The van der Waals surface area contributed by atoms with Crippen LogP contribution in [0.4, 0.5) is 0 Å². The summed E-state index contributed by atoms with van der Waals surface area (Å²) in [5.74, 6) is 1.47. The summed E-state index contributed by atoms with van der Waals surface area (Å²) in [5.41, 5.74) is 0. The fourth-order valence-electron chi connectivity index (χ4n) is 2.32. The van der Waals surface area contributed by atoms with Gasteiger partial charge < -0.3 is 5.32 Å². The Morgan fingerprint density at radius 2 is 1.74 bits per heavy atom. The maximum Gasteiger partial charge on any atom is 0.0300 e.